The van der Waals surface area contributed by atoms with E-state index in [2.05, 4.69) is 44.2 Å². The van der Waals surface area contributed by atoms with E-state index in [9.17, 15) is 37.9 Å². The number of esters is 2. The molecule has 2 unspecified atom stereocenters. The quantitative estimate of drug-likeness (QED) is 0.0196. The van der Waals surface area contributed by atoms with Crippen LogP contribution in [0.2, 0.25) is 0 Å². The molecule has 64 heavy (non-hydrogen) atoms. The normalized spacial score (nSPS) is 19.9. The minimum Gasteiger partial charge on any atom is -0.462 e. The number of hydrogen-bond acceptors (Lipinski definition) is 11. The lowest BCUT2D eigenvalue weighted by molar-refractivity contribution is -0.297. The number of rotatable bonds is 43. The Labute approximate surface area is 389 Å². The summed E-state index contributed by atoms with van der Waals surface area (Å²) < 4.78 is 54.2. The monoisotopic (exact) mass is 929 g/mol. The van der Waals surface area contributed by atoms with Crippen molar-refractivity contribution in [2.24, 2.45) is 0 Å². The maximum absolute atomic E-state index is 12.8. The van der Waals surface area contributed by atoms with Crippen molar-refractivity contribution in [1.29, 1.82) is 0 Å². The molecule has 0 saturated carbocycles. The van der Waals surface area contributed by atoms with Crippen molar-refractivity contribution in [2.45, 2.75) is 256 Å². The van der Waals surface area contributed by atoms with Crippen molar-refractivity contribution in [2.75, 3.05) is 19.0 Å². The van der Waals surface area contributed by atoms with Gasteiger partial charge in [-0.25, -0.2) is 0 Å². The van der Waals surface area contributed by atoms with Crippen molar-refractivity contribution in [3.05, 3.63) is 36.5 Å². The second-order valence-corrected chi connectivity index (χ2v) is 19.3. The van der Waals surface area contributed by atoms with Crippen LogP contribution in [-0.2, 0) is 38.7 Å². The van der Waals surface area contributed by atoms with E-state index in [0.717, 1.165) is 32.1 Å². The van der Waals surface area contributed by atoms with Gasteiger partial charge in [-0.15, -0.1) is 0 Å². The second-order valence-electron chi connectivity index (χ2n) is 17.8. The van der Waals surface area contributed by atoms with Gasteiger partial charge >= 0.3 is 11.9 Å². The van der Waals surface area contributed by atoms with Gasteiger partial charge in [-0.05, 0) is 64.2 Å². The van der Waals surface area contributed by atoms with E-state index in [0.29, 0.717) is 19.3 Å². The van der Waals surface area contributed by atoms with Crippen molar-refractivity contribution in [3.8, 4) is 0 Å². The average Bonchev–Trinajstić information content (AvgIpc) is 3.26. The van der Waals surface area contributed by atoms with E-state index in [-0.39, 0.29) is 19.4 Å². The summed E-state index contributed by atoms with van der Waals surface area (Å²) in [5, 5.41) is 30.9. The van der Waals surface area contributed by atoms with Crippen molar-refractivity contribution in [3.63, 3.8) is 0 Å². The molecule has 0 aromatic rings. The molecule has 13 heteroatoms. The van der Waals surface area contributed by atoms with Crippen LogP contribution in [0.1, 0.15) is 219 Å². The van der Waals surface area contributed by atoms with Crippen LogP contribution >= 0.6 is 0 Å². The van der Waals surface area contributed by atoms with Crippen molar-refractivity contribution < 1.29 is 56.8 Å². The number of unbranched alkanes of at least 4 members (excludes halogenated alkanes) is 25. The highest BCUT2D eigenvalue weighted by Crippen LogP contribution is 2.24. The van der Waals surface area contributed by atoms with Crippen LogP contribution in [-0.4, -0.2) is 96.0 Å². The predicted molar refractivity (Wildman–Crippen MR) is 256 cm³/mol. The molecule has 0 spiro atoms. The van der Waals surface area contributed by atoms with Crippen molar-refractivity contribution in [1.82, 2.24) is 0 Å². The van der Waals surface area contributed by atoms with E-state index in [4.69, 9.17) is 18.9 Å². The molecule has 0 aromatic heterocycles. The van der Waals surface area contributed by atoms with Gasteiger partial charge in [-0.3, -0.25) is 14.1 Å². The minimum atomic E-state index is -4.61. The highest BCUT2D eigenvalue weighted by molar-refractivity contribution is 7.85. The van der Waals surface area contributed by atoms with Gasteiger partial charge in [0.05, 0.1) is 6.61 Å². The maximum Gasteiger partial charge on any atom is 0.306 e. The summed E-state index contributed by atoms with van der Waals surface area (Å²) in [5.41, 5.74) is 0. The first-order chi connectivity index (χ1) is 31.0. The van der Waals surface area contributed by atoms with E-state index in [1.54, 1.807) is 0 Å². The first-order valence-electron chi connectivity index (χ1n) is 25.5. The van der Waals surface area contributed by atoms with Gasteiger partial charge in [-0.2, -0.15) is 8.42 Å². The highest BCUT2D eigenvalue weighted by atomic mass is 32.2. The molecule has 1 saturated heterocycles. The first kappa shape index (κ1) is 59.9. The van der Waals surface area contributed by atoms with E-state index in [1.807, 2.05) is 6.08 Å². The predicted octanol–water partition coefficient (Wildman–Crippen LogP) is 11.3. The molecule has 0 radical (unpaired) electrons. The Kier molecular flexibility index (Phi) is 38.4. The maximum atomic E-state index is 12.8. The summed E-state index contributed by atoms with van der Waals surface area (Å²) in [6.07, 6.45) is 39.1. The Bertz CT molecular complexity index is 1320. The Morgan fingerprint density at radius 1 is 0.531 bits per heavy atom. The van der Waals surface area contributed by atoms with Crippen LogP contribution in [0.5, 0.6) is 0 Å². The largest absolute Gasteiger partial charge is 0.462 e. The van der Waals surface area contributed by atoms with Gasteiger partial charge < -0.3 is 34.3 Å². The van der Waals surface area contributed by atoms with Crippen LogP contribution in [0.15, 0.2) is 36.5 Å². The molecule has 1 aliphatic heterocycles. The van der Waals surface area contributed by atoms with Gasteiger partial charge in [0.15, 0.2) is 12.4 Å². The van der Waals surface area contributed by atoms with E-state index in [1.165, 1.54) is 141 Å². The third-order valence-corrected chi connectivity index (χ3v) is 12.4. The average molecular weight is 929 g/mol. The molecule has 0 aromatic carbocycles. The second kappa shape index (κ2) is 41.1. The molecule has 1 aliphatic rings. The zero-order valence-electron chi connectivity index (χ0n) is 40.1. The summed E-state index contributed by atoms with van der Waals surface area (Å²) in [5.74, 6) is -2.04. The Balaban J connectivity index is 2.41. The Morgan fingerprint density at radius 3 is 1.44 bits per heavy atom. The third kappa shape index (κ3) is 35.1. The standard InChI is InChI=1S/C51H92O12S/c1-3-5-7-9-11-13-15-17-19-21-22-24-25-27-29-31-33-35-37-39-46(52)60-41-44(42-61-51-50(56)49(55)48(54)45(63-51)43-64(57,58)59)62-47(53)40-38-36-34-32-30-28-26-23-20-18-16-14-12-10-8-6-4-2/h17,19,26,28,32,34,44-45,48-51,54-56H,3-16,18,20-25,27,29-31,33,35-43H2,1-2H3,(H,57,58,59)/b19-17+,28-26+,34-32+/t44-,45-,48-,49?,50?,51+/m1/s1. The number of hydrogen-bond donors (Lipinski definition) is 4. The van der Waals surface area contributed by atoms with Crippen LogP contribution < -0.4 is 0 Å². The smallest absolute Gasteiger partial charge is 0.306 e. The van der Waals surface area contributed by atoms with Crippen LogP contribution in [0.3, 0.4) is 0 Å². The molecule has 6 atom stereocenters. The van der Waals surface area contributed by atoms with E-state index >= 15 is 0 Å². The zero-order chi connectivity index (χ0) is 46.9. The molecule has 1 fully saturated rings. The lowest BCUT2D eigenvalue weighted by Gasteiger charge is -2.40. The number of ether oxygens (including phenoxy) is 4. The van der Waals surface area contributed by atoms with Crippen LogP contribution in [0, 0.1) is 0 Å². The molecule has 0 bridgehead atoms. The molecule has 4 N–H and O–H groups in total. The fraction of sp³-hybridized carbons (Fsp3) is 0.843. The van der Waals surface area contributed by atoms with Gasteiger partial charge in [0.2, 0.25) is 0 Å². The topological polar surface area (TPSA) is 186 Å². The van der Waals surface area contributed by atoms with Crippen LogP contribution in [0.25, 0.3) is 0 Å². The van der Waals surface area contributed by atoms with Crippen molar-refractivity contribution >= 4 is 22.1 Å². The number of carbonyl (C=O) groups is 2. The molecule has 374 valence electrons. The molecule has 0 amide bonds. The summed E-state index contributed by atoms with van der Waals surface area (Å²) in [6, 6.07) is 0. The van der Waals surface area contributed by atoms with E-state index < -0.39 is 71.2 Å². The molecule has 1 heterocycles. The van der Waals surface area contributed by atoms with Gasteiger partial charge in [0.1, 0.15) is 36.8 Å². The molecular weight excluding hydrogens is 837 g/mol. The fourth-order valence-corrected chi connectivity index (χ4v) is 8.40. The number of carbonyl (C=O) groups excluding carboxylic acids is 2. The molecular formula is C51H92O12S. The summed E-state index contributed by atoms with van der Waals surface area (Å²) in [6.45, 7) is 3.74. The fourth-order valence-electron chi connectivity index (χ4n) is 7.71. The van der Waals surface area contributed by atoms with Gasteiger partial charge in [0, 0.05) is 12.8 Å². The first-order valence-corrected chi connectivity index (χ1v) is 27.2. The third-order valence-electron chi connectivity index (χ3n) is 11.7. The molecule has 1 rings (SSSR count). The SMILES string of the molecule is CCCCCCCC/C=C/CCCCCCCCCCCC(=O)OC[C@H](CO[C@H]1O[C@H](CS(=O)(=O)O)[C@@H](O)C(O)C1O)OC(=O)CCC/C=C/C/C=C/CCCCCCCCCCC. The number of aliphatic hydroxyl groups is 3. The lowest BCUT2D eigenvalue weighted by Crippen LogP contribution is -2.60. The summed E-state index contributed by atoms with van der Waals surface area (Å²) in [4.78, 5) is 25.5. The zero-order valence-corrected chi connectivity index (χ0v) is 41.0. The minimum absolute atomic E-state index is 0.101. The van der Waals surface area contributed by atoms with Gasteiger partial charge in [0.25, 0.3) is 10.1 Å². The number of allylic oxidation sites excluding steroid dienone is 6. The summed E-state index contributed by atoms with van der Waals surface area (Å²) >= 11 is 0. The number of aliphatic hydroxyl groups excluding tert-OH is 3. The van der Waals surface area contributed by atoms with Crippen LogP contribution in [0.4, 0.5) is 0 Å². The summed E-state index contributed by atoms with van der Waals surface area (Å²) in [7, 11) is -4.61. The Hall–Kier alpha value is -2.13. The molecule has 12 nitrogen and oxygen atoms in total. The molecule has 0 aliphatic carbocycles. The highest BCUT2D eigenvalue weighted by Gasteiger charge is 2.46. The Morgan fingerprint density at radius 2 is 0.953 bits per heavy atom. The van der Waals surface area contributed by atoms with Gasteiger partial charge in [-0.1, -0.05) is 179 Å². The lowest BCUT2D eigenvalue weighted by atomic mass is 10.00.